The summed E-state index contributed by atoms with van der Waals surface area (Å²) in [5, 5.41) is 11.7. The third-order valence-electron chi connectivity index (χ3n) is 6.15. The second-order valence-electron chi connectivity index (χ2n) is 7.85. The summed E-state index contributed by atoms with van der Waals surface area (Å²) < 4.78 is 13.0. The zero-order valence-electron chi connectivity index (χ0n) is 15.1. The molecule has 0 N–H and O–H groups in total. The van der Waals surface area contributed by atoms with E-state index in [9.17, 15) is 14.7 Å². The topological polar surface area (TPSA) is 81.8 Å². The Hall–Kier alpha value is -1.60. The van der Waals surface area contributed by atoms with Crippen LogP contribution in [0.1, 0.15) is 56.9 Å². The zero-order valence-corrected chi connectivity index (χ0v) is 16.0. The van der Waals surface area contributed by atoms with Crippen molar-refractivity contribution in [2.24, 2.45) is 4.99 Å². The SMILES string of the molecule is Cc1cc([N+](=O)[O-])ccc1/N=C1\N(C2CCCC2)C2(CCCC2)C[S+]1[O-]. The highest BCUT2D eigenvalue weighted by atomic mass is 32.2. The number of hydrogen-bond acceptors (Lipinski definition) is 4. The number of aliphatic imine (C=N–C) groups is 1. The number of nitro benzene ring substituents is 1. The summed E-state index contributed by atoms with van der Waals surface area (Å²) in [6, 6.07) is 5.15. The van der Waals surface area contributed by atoms with Crippen molar-refractivity contribution in [1.29, 1.82) is 0 Å². The van der Waals surface area contributed by atoms with Crippen LogP contribution in [-0.4, -0.2) is 36.9 Å². The van der Waals surface area contributed by atoms with Gasteiger partial charge in [-0.1, -0.05) is 25.7 Å². The highest BCUT2D eigenvalue weighted by molar-refractivity contribution is 8.06. The minimum absolute atomic E-state index is 0.0212. The van der Waals surface area contributed by atoms with Crippen molar-refractivity contribution in [2.45, 2.75) is 69.9 Å². The number of nitro groups is 1. The summed E-state index contributed by atoms with van der Waals surface area (Å²) >= 11 is -1.10. The smallest absolute Gasteiger partial charge is 0.320 e. The monoisotopic (exact) mass is 375 g/mol. The number of benzene rings is 1. The van der Waals surface area contributed by atoms with E-state index in [0.29, 0.717) is 22.6 Å². The third kappa shape index (κ3) is 3.01. The van der Waals surface area contributed by atoms with Gasteiger partial charge in [-0.05, 0) is 44.2 Å². The molecule has 1 aromatic rings. The van der Waals surface area contributed by atoms with Crippen molar-refractivity contribution in [1.82, 2.24) is 4.90 Å². The van der Waals surface area contributed by atoms with E-state index in [4.69, 9.17) is 4.99 Å². The Kier molecular flexibility index (Phi) is 4.69. The van der Waals surface area contributed by atoms with Crippen molar-refractivity contribution in [3.63, 3.8) is 0 Å². The summed E-state index contributed by atoms with van der Waals surface area (Å²) in [5.41, 5.74) is 1.53. The standard InChI is InChI=1S/C19H25N3O3S/c1-14-12-16(22(23)24)8-9-17(14)20-18-21(15-6-2-3-7-15)19(13-26(18)25)10-4-5-11-19/h8-9,12,15H,2-7,10-11,13H2,1H3/b20-18+. The Balaban J connectivity index is 1.73. The Morgan fingerprint density at radius 2 is 1.92 bits per heavy atom. The van der Waals surface area contributed by atoms with Gasteiger partial charge in [-0.15, -0.1) is 0 Å². The minimum atomic E-state index is -1.10. The largest absolute Gasteiger partial charge is 0.609 e. The van der Waals surface area contributed by atoms with Gasteiger partial charge < -0.3 is 9.45 Å². The Bertz CT molecular complexity index is 740. The van der Waals surface area contributed by atoms with E-state index in [0.717, 1.165) is 31.2 Å². The molecule has 6 nitrogen and oxygen atoms in total. The fourth-order valence-corrected chi connectivity index (χ4v) is 6.71. The fraction of sp³-hybridized carbons (Fsp3) is 0.632. The van der Waals surface area contributed by atoms with Crippen LogP contribution in [-0.2, 0) is 11.2 Å². The molecule has 0 amide bonds. The van der Waals surface area contributed by atoms with Gasteiger partial charge in [-0.3, -0.25) is 10.1 Å². The zero-order chi connectivity index (χ0) is 18.3. The predicted octanol–water partition coefficient (Wildman–Crippen LogP) is 4.21. The first-order valence-corrected chi connectivity index (χ1v) is 10.8. The molecule has 0 bridgehead atoms. The van der Waals surface area contributed by atoms with Gasteiger partial charge in [0.15, 0.2) is 0 Å². The van der Waals surface area contributed by atoms with Crippen molar-refractivity contribution < 1.29 is 9.48 Å². The van der Waals surface area contributed by atoms with Gasteiger partial charge in [0, 0.05) is 29.4 Å². The molecule has 7 heteroatoms. The molecule has 0 radical (unpaired) electrons. The van der Waals surface area contributed by atoms with Gasteiger partial charge in [-0.25, -0.2) is 0 Å². The van der Waals surface area contributed by atoms with Gasteiger partial charge in [0.25, 0.3) is 5.69 Å². The summed E-state index contributed by atoms with van der Waals surface area (Å²) in [6.45, 7) is 1.83. The van der Waals surface area contributed by atoms with Crippen LogP contribution in [0.3, 0.4) is 0 Å². The lowest BCUT2D eigenvalue weighted by Crippen LogP contribution is -2.50. The third-order valence-corrected chi connectivity index (χ3v) is 7.65. The van der Waals surface area contributed by atoms with Crippen LogP contribution in [0.4, 0.5) is 11.4 Å². The molecule has 3 fully saturated rings. The molecule has 1 heterocycles. The number of aryl methyl sites for hydroxylation is 1. The molecular weight excluding hydrogens is 350 g/mol. The van der Waals surface area contributed by atoms with Crippen molar-refractivity contribution in [3.8, 4) is 0 Å². The molecule has 1 atom stereocenters. The average molecular weight is 375 g/mol. The van der Waals surface area contributed by atoms with E-state index >= 15 is 0 Å². The van der Waals surface area contributed by atoms with E-state index in [1.54, 1.807) is 12.1 Å². The first kappa shape index (κ1) is 17.8. The number of nitrogens with zero attached hydrogens (tertiary/aromatic N) is 3. The van der Waals surface area contributed by atoms with Crippen molar-refractivity contribution >= 4 is 27.7 Å². The van der Waals surface area contributed by atoms with Crippen molar-refractivity contribution in [3.05, 3.63) is 33.9 Å². The fourth-order valence-electron chi connectivity index (χ4n) is 4.90. The maximum Gasteiger partial charge on any atom is 0.320 e. The number of non-ortho nitro benzene ring substituents is 1. The summed E-state index contributed by atoms with van der Waals surface area (Å²) in [6.07, 6.45) is 9.37. The molecule has 1 unspecified atom stereocenters. The maximum atomic E-state index is 13.0. The van der Waals surface area contributed by atoms with E-state index in [1.165, 1.54) is 31.7 Å². The molecule has 0 aromatic heterocycles. The number of amidine groups is 1. The Morgan fingerprint density at radius 1 is 1.23 bits per heavy atom. The van der Waals surface area contributed by atoms with Crippen LogP contribution in [0.2, 0.25) is 0 Å². The summed E-state index contributed by atoms with van der Waals surface area (Å²) in [5.74, 6) is 0.689. The highest BCUT2D eigenvalue weighted by Gasteiger charge is 2.56. The average Bonchev–Trinajstić information content (AvgIpc) is 3.32. The minimum Gasteiger partial charge on any atom is -0.609 e. The lowest BCUT2D eigenvalue weighted by atomic mass is 9.95. The van der Waals surface area contributed by atoms with Gasteiger partial charge in [0.2, 0.25) is 0 Å². The second kappa shape index (κ2) is 6.85. The van der Waals surface area contributed by atoms with Crippen LogP contribution >= 0.6 is 0 Å². The van der Waals surface area contributed by atoms with E-state index in [-0.39, 0.29) is 11.2 Å². The predicted molar refractivity (Wildman–Crippen MR) is 103 cm³/mol. The van der Waals surface area contributed by atoms with Crippen molar-refractivity contribution in [2.75, 3.05) is 5.75 Å². The molecule has 3 aliphatic rings. The number of rotatable bonds is 3. The molecule has 1 spiro atoms. The Labute approximate surface area is 157 Å². The number of hydrogen-bond donors (Lipinski definition) is 0. The molecular formula is C19H25N3O3S. The molecule has 26 heavy (non-hydrogen) atoms. The Morgan fingerprint density at radius 3 is 2.54 bits per heavy atom. The molecule has 4 rings (SSSR count). The molecule has 1 aliphatic heterocycles. The van der Waals surface area contributed by atoms with Gasteiger partial charge in [0.05, 0.1) is 16.1 Å². The second-order valence-corrected chi connectivity index (χ2v) is 9.20. The van der Waals surface area contributed by atoms with E-state index < -0.39 is 16.1 Å². The lowest BCUT2D eigenvalue weighted by molar-refractivity contribution is -0.384. The van der Waals surface area contributed by atoms with Crippen LogP contribution in [0, 0.1) is 17.0 Å². The van der Waals surface area contributed by atoms with Crippen LogP contribution < -0.4 is 0 Å². The molecule has 2 aliphatic carbocycles. The van der Waals surface area contributed by atoms with E-state index in [2.05, 4.69) is 4.90 Å². The normalized spacial score (nSPS) is 27.1. The highest BCUT2D eigenvalue weighted by Crippen LogP contribution is 2.46. The van der Waals surface area contributed by atoms with E-state index in [1.807, 2.05) is 6.92 Å². The van der Waals surface area contributed by atoms with Crippen LogP contribution in [0.5, 0.6) is 0 Å². The lowest BCUT2D eigenvalue weighted by Gasteiger charge is -2.36. The first-order valence-electron chi connectivity index (χ1n) is 9.52. The van der Waals surface area contributed by atoms with Gasteiger partial charge in [0.1, 0.15) is 5.75 Å². The quantitative estimate of drug-likeness (QED) is 0.450. The molecule has 140 valence electrons. The molecule has 1 saturated heterocycles. The van der Waals surface area contributed by atoms with Crippen LogP contribution in [0.25, 0.3) is 0 Å². The summed E-state index contributed by atoms with van der Waals surface area (Å²) in [7, 11) is 0. The van der Waals surface area contributed by atoms with Crippen LogP contribution in [0.15, 0.2) is 23.2 Å². The summed E-state index contributed by atoms with van der Waals surface area (Å²) in [4.78, 5) is 17.8. The first-order chi connectivity index (χ1) is 12.5. The maximum absolute atomic E-state index is 13.0. The van der Waals surface area contributed by atoms with Gasteiger partial charge in [-0.2, -0.15) is 4.99 Å². The van der Waals surface area contributed by atoms with Gasteiger partial charge >= 0.3 is 5.17 Å². The molecule has 1 aromatic carbocycles. The molecule has 2 saturated carbocycles.